The van der Waals surface area contributed by atoms with Crippen LogP contribution < -0.4 is 5.43 Å². The molecule has 0 aliphatic carbocycles. The molecular weight excluding hydrogens is 168 g/mol. The molecule has 1 N–H and O–H groups in total. The number of esters is 1. The average molecular weight is 189 g/mol. The van der Waals surface area contributed by atoms with Crippen LogP contribution in [-0.2, 0) is 9.53 Å². The van der Waals surface area contributed by atoms with Crippen LogP contribution in [0.25, 0.3) is 0 Å². The van der Waals surface area contributed by atoms with Gasteiger partial charge in [0.25, 0.3) is 0 Å². The molecule has 0 amide bonds. The minimum Gasteiger partial charge on any atom is -0.466 e. The third-order valence-electron chi connectivity index (χ3n) is 1.96. The highest BCUT2D eigenvalue weighted by molar-refractivity contribution is 5.69. The van der Waals surface area contributed by atoms with Gasteiger partial charge in [0, 0.05) is 0 Å². The van der Waals surface area contributed by atoms with Crippen LogP contribution in [0.3, 0.4) is 0 Å². The minimum atomic E-state index is -0.133. The van der Waals surface area contributed by atoms with Crippen LogP contribution in [0, 0.1) is 0 Å². The Bertz CT molecular complexity index is 158. The van der Waals surface area contributed by atoms with E-state index in [9.17, 15) is 4.79 Å². The largest absolute Gasteiger partial charge is 0.466 e. The molecule has 13 heavy (non-hydrogen) atoms. The molecule has 0 aliphatic heterocycles. The van der Waals surface area contributed by atoms with Crippen molar-refractivity contribution in [1.82, 2.24) is 5.43 Å². The number of nitrogens with one attached hydrogen (secondary N) is 1. The van der Waals surface area contributed by atoms with Gasteiger partial charge in [0.2, 0.25) is 0 Å². The number of carbonyl (C=O) groups is 1. The fourth-order valence-electron chi connectivity index (χ4n) is 0.806. The first-order valence-electron chi connectivity index (χ1n) is 4.75. The van der Waals surface area contributed by atoms with E-state index in [0.717, 1.165) is 11.1 Å². The predicted molar refractivity (Wildman–Crippen MR) is 51.9 cm³/mol. The van der Waals surface area contributed by atoms with Crippen molar-refractivity contribution in [2.75, 3.05) is 33.8 Å². The van der Waals surface area contributed by atoms with Gasteiger partial charge in [0.05, 0.1) is 40.2 Å². The number of hydrogen-bond donors (Lipinski definition) is 1. The van der Waals surface area contributed by atoms with E-state index in [1.807, 2.05) is 6.92 Å². The van der Waals surface area contributed by atoms with Crippen molar-refractivity contribution in [3.05, 3.63) is 0 Å². The molecule has 0 aromatic rings. The summed E-state index contributed by atoms with van der Waals surface area (Å²) in [4.78, 5) is 10.9. The highest BCUT2D eigenvalue weighted by atomic mass is 16.5. The molecule has 0 bridgehead atoms. The SMILES string of the molecule is CCOC(=O)CCN[N+](C)(C)CC. The van der Waals surface area contributed by atoms with E-state index in [4.69, 9.17) is 4.74 Å². The zero-order chi connectivity index (χ0) is 10.3. The number of quaternary nitrogens is 1. The van der Waals surface area contributed by atoms with Crippen molar-refractivity contribution in [3.63, 3.8) is 0 Å². The maximum atomic E-state index is 10.9. The maximum absolute atomic E-state index is 10.9. The van der Waals surface area contributed by atoms with Crippen molar-refractivity contribution in [2.24, 2.45) is 0 Å². The fraction of sp³-hybridized carbons (Fsp3) is 0.889. The average Bonchev–Trinajstić information content (AvgIpc) is 2.05. The van der Waals surface area contributed by atoms with E-state index in [-0.39, 0.29) is 5.97 Å². The molecule has 0 radical (unpaired) electrons. The summed E-state index contributed by atoms with van der Waals surface area (Å²) < 4.78 is 5.53. The third kappa shape index (κ3) is 6.54. The Hall–Kier alpha value is -0.610. The van der Waals surface area contributed by atoms with Crippen molar-refractivity contribution in [2.45, 2.75) is 20.3 Å². The van der Waals surface area contributed by atoms with Crippen LogP contribution in [0.1, 0.15) is 20.3 Å². The first kappa shape index (κ1) is 12.4. The summed E-state index contributed by atoms with van der Waals surface area (Å²) in [5.41, 5.74) is 3.23. The first-order valence-corrected chi connectivity index (χ1v) is 4.75. The van der Waals surface area contributed by atoms with Gasteiger partial charge < -0.3 is 4.74 Å². The molecule has 0 saturated carbocycles. The number of nitrogens with zero attached hydrogens (tertiary/aromatic N) is 1. The van der Waals surface area contributed by atoms with E-state index in [0.29, 0.717) is 19.6 Å². The second-order valence-corrected chi connectivity index (χ2v) is 3.46. The lowest BCUT2D eigenvalue weighted by Crippen LogP contribution is -2.52. The number of rotatable bonds is 6. The van der Waals surface area contributed by atoms with E-state index in [1.165, 1.54) is 0 Å². The molecule has 0 aliphatic rings. The topological polar surface area (TPSA) is 38.3 Å². The van der Waals surface area contributed by atoms with Crippen LogP contribution in [0.2, 0.25) is 0 Å². The van der Waals surface area contributed by atoms with Crippen LogP contribution in [0.4, 0.5) is 0 Å². The Labute approximate surface area is 80.4 Å². The van der Waals surface area contributed by atoms with Crippen LogP contribution in [-0.4, -0.2) is 44.4 Å². The van der Waals surface area contributed by atoms with E-state index >= 15 is 0 Å². The Balaban J connectivity index is 3.50. The van der Waals surface area contributed by atoms with Crippen molar-refractivity contribution in [3.8, 4) is 0 Å². The Morgan fingerprint density at radius 2 is 2.00 bits per heavy atom. The molecule has 0 heterocycles. The smallest absolute Gasteiger partial charge is 0.307 e. The first-order chi connectivity index (χ1) is 6.02. The molecule has 0 spiro atoms. The predicted octanol–water partition coefficient (Wildman–Crippen LogP) is 0.540. The molecule has 78 valence electrons. The van der Waals surface area contributed by atoms with Gasteiger partial charge in [-0.15, -0.1) is 0 Å². The van der Waals surface area contributed by atoms with Gasteiger partial charge >= 0.3 is 5.97 Å². The summed E-state index contributed by atoms with van der Waals surface area (Å²) >= 11 is 0. The van der Waals surface area contributed by atoms with Gasteiger partial charge in [-0.05, 0) is 13.8 Å². The zero-order valence-corrected chi connectivity index (χ0v) is 9.09. The van der Waals surface area contributed by atoms with Gasteiger partial charge in [-0.25, -0.2) is 0 Å². The van der Waals surface area contributed by atoms with Gasteiger partial charge in [0.15, 0.2) is 0 Å². The highest BCUT2D eigenvalue weighted by Crippen LogP contribution is 1.90. The third-order valence-corrected chi connectivity index (χ3v) is 1.96. The van der Waals surface area contributed by atoms with E-state index in [2.05, 4.69) is 26.4 Å². The maximum Gasteiger partial charge on any atom is 0.307 e. The summed E-state index contributed by atoms with van der Waals surface area (Å²) in [6, 6.07) is 0. The highest BCUT2D eigenvalue weighted by Gasteiger charge is 2.11. The summed E-state index contributed by atoms with van der Waals surface area (Å²) in [5, 5.41) is 0. The molecule has 0 saturated heterocycles. The summed E-state index contributed by atoms with van der Waals surface area (Å²) in [5.74, 6) is -0.133. The summed E-state index contributed by atoms with van der Waals surface area (Å²) in [7, 11) is 4.12. The van der Waals surface area contributed by atoms with Gasteiger partial charge in [-0.3, -0.25) is 9.39 Å². The van der Waals surface area contributed by atoms with E-state index < -0.39 is 0 Å². The van der Waals surface area contributed by atoms with Crippen LogP contribution in [0.15, 0.2) is 0 Å². The van der Waals surface area contributed by atoms with Crippen LogP contribution in [0.5, 0.6) is 0 Å². The van der Waals surface area contributed by atoms with Gasteiger partial charge in [-0.1, -0.05) is 0 Å². The second-order valence-electron chi connectivity index (χ2n) is 3.46. The van der Waals surface area contributed by atoms with Crippen molar-refractivity contribution < 1.29 is 14.1 Å². The second kappa shape index (κ2) is 5.94. The quantitative estimate of drug-likeness (QED) is 0.376. The standard InChI is InChI=1S/C9H21N2O2/c1-5-11(3,4)10-8-7-9(12)13-6-2/h10H,5-8H2,1-4H3/q+1. The molecular formula is C9H21N2O2+. The fourth-order valence-corrected chi connectivity index (χ4v) is 0.806. The zero-order valence-electron chi connectivity index (χ0n) is 9.09. The summed E-state index contributed by atoms with van der Waals surface area (Å²) in [6.45, 7) is 6.03. The lowest BCUT2D eigenvalue weighted by Gasteiger charge is -2.27. The summed E-state index contributed by atoms with van der Waals surface area (Å²) in [6.07, 6.45) is 0.440. The molecule has 0 unspecified atom stereocenters. The van der Waals surface area contributed by atoms with Gasteiger partial charge in [0.1, 0.15) is 0 Å². The lowest BCUT2D eigenvalue weighted by atomic mass is 10.4. The number of hydrogen-bond acceptors (Lipinski definition) is 3. The Morgan fingerprint density at radius 3 is 2.46 bits per heavy atom. The number of ether oxygens (including phenoxy) is 1. The number of carbonyl (C=O) groups excluding carboxylic acids is 1. The Kier molecular flexibility index (Phi) is 5.66. The van der Waals surface area contributed by atoms with E-state index in [1.54, 1.807) is 0 Å². The van der Waals surface area contributed by atoms with Crippen molar-refractivity contribution >= 4 is 5.97 Å². The van der Waals surface area contributed by atoms with Crippen LogP contribution >= 0.6 is 0 Å². The minimum absolute atomic E-state index is 0.133. The van der Waals surface area contributed by atoms with Gasteiger partial charge in [-0.2, -0.15) is 5.43 Å². The molecule has 0 aromatic carbocycles. The molecule has 0 rings (SSSR count). The molecule has 0 aromatic heterocycles. The Morgan fingerprint density at radius 1 is 1.38 bits per heavy atom. The lowest BCUT2D eigenvalue weighted by molar-refractivity contribution is -0.932. The molecule has 0 atom stereocenters. The van der Waals surface area contributed by atoms with Crippen molar-refractivity contribution in [1.29, 1.82) is 0 Å². The molecule has 4 nitrogen and oxygen atoms in total. The normalized spacial score (nSPS) is 11.4. The monoisotopic (exact) mass is 189 g/mol. The molecule has 0 fully saturated rings. The molecule has 4 heteroatoms.